The Morgan fingerprint density at radius 1 is 1.19 bits per heavy atom. The molecule has 2 heterocycles. The zero-order valence-corrected chi connectivity index (χ0v) is 15.7. The second-order valence-corrected chi connectivity index (χ2v) is 8.60. The second kappa shape index (κ2) is 6.28. The summed E-state index contributed by atoms with van der Waals surface area (Å²) in [5.41, 5.74) is 3.16. The van der Waals surface area contributed by atoms with Gasteiger partial charge in [0.25, 0.3) is 0 Å². The topological polar surface area (TPSA) is 54.1 Å². The Morgan fingerprint density at radius 2 is 2.00 bits per heavy atom. The molecule has 0 spiro atoms. The molecular weight excluding hydrogens is 348 g/mol. The third-order valence-corrected chi connectivity index (χ3v) is 6.93. The maximum atomic E-state index is 13.2. The first kappa shape index (κ1) is 16.6. The van der Waals surface area contributed by atoms with Crippen LogP contribution in [0.25, 0.3) is 10.9 Å². The number of hydrogen-bond donors (Lipinski definition) is 2. The molecule has 1 aromatic carbocycles. The molecule has 0 amide bonds. The van der Waals surface area contributed by atoms with E-state index in [4.69, 9.17) is 16.3 Å². The van der Waals surface area contributed by atoms with Gasteiger partial charge in [0.05, 0.1) is 11.5 Å². The van der Waals surface area contributed by atoms with Crippen molar-refractivity contribution in [3.63, 3.8) is 0 Å². The zero-order chi connectivity index (χ0) is 17.7. The lowest BCUT2D eigenvalue weighted by atomic mass is 9.62. The van der Waals surface area contributed by atoms with Crippen LogP contribution in [0.15, 0.2) is 18.2 Å². The fraction of sp³-hybridized carbons (Fsp3) is 0.571. The van der Waals surface area contributed by atoms with Crippen molar-refractivity contribution in [1.82, 2.24) is 10.3 Å². The molecule has 1 atom stereocenters. The molecule has 3 aliphatic rings. The predicted octanol–water partition coefficient (Wildman–Crippen LogP) is 4.66. The van der Waals surface area contributed by atoms with Gasteiger partial charge in [-0.3, -0.25) is 4.79 Å². The van der Waals surface area contributed by atoms with E-state index in [1.165, 1.54) is 23.8 Å². The lowest BCUT2D eigenvalue weighted by Gasteiger charge is -2.47. The highest BCUT2D eigenvalue weighted by molar-refractivity contribution is 6.31. The minimum absolute atomic E-state index is 0.0117. The quantitative estimate of drug-likeness (QED) is 0.770. The summed E-state index contributed by atoms with van der Waals surface area (Å²) in [4.78, 5) is 16.8. The average molecular weight is 373 g/mol. The standard InChI is InChI=1S/C21H25ClN2O2/c22-13-6-7-17-16(12-13)15-8-11-23-19(18(15)24-17)21(9-3-10-21)20(25)26-14-4-1-2-5-14/h6-7,12,14,19,23-24H,1-5,8-11H2. The molecule has 0 saturated heterocycles. The average Bonchev–Trinajstić information content (AvgIpc) is 3.22. The van der Waals surface area contributed by atoms with Gasteiger partial charge in [0.15, 0.2) is 0 Å². The van der Waals surface area contributed by atoms with Crippen LogP contribution in [0.3, 0.4) is 0 Å². The first-order valence-corrected chi connectivity index (χ1v) is 10.3. The summed E-state index contributed by atoms with van der Waals surface area (Å²) in [6.07, 6.45) is 8.41. The van der Waals surface area contributed by atoms with Gasteiger partial charge in [0.1, 0.15) is 6.10 Å². The molecule has 2 fully saturated rings. The van der Waals surface area contributed by atoms with Crippen LogP contribution in [0.4, 0.5) is 0 Å². The Bertz CT molecular complexity index is 849. The number of esters is 1. The molecule has 2 saturated carbocycles. The van der Waals surface area contributed by atoms with E-state index < -0.39 is 5.41 Å². The van der Waals surface area contributed by atoms with Crippen molar-refractivity contribution in [1.29, 1.82) is 0 Å². The summed E-state index contributed by atoms with van der Waals surface area (Å²) < 4.78 is 5.97. The van der Waals surface area contributed by atoms with E-state index in [0.717, 1.165) is 61.3 Å². The van der Waals surface area contributed by atoms with Gasteiger partial charge in [-0.15, -0.1) is 0 Å². The summed E-state index contributed by atoms with van der Waals surface area (Å²) in [6.45, 7) is 0.885. The number of H-pyrrole nitrogens is 1. The van der Waals surface area contributed by atoms with Gasteiger partial charge in [-0.05, 0) is 75.3 Å². The second-order valence-electron chi connectivity index (χ2n) is 8.17. The molecule has 4 nitrogen and oxygen atoms in total. The van der Waals surface area contributed by atoms with Gasteiger partial charge in [-0.25, -0.2) is 0 Å². The van der Waals surface area contributed by atoms with E-state index >= 15 is 0 Å². The molecule has 5 rings (SSSR count). The number of aromatic amines is 1. The number of ether oxygens (including phenoxy) is 1. The number of benzene rings is 1. The molecule has 1 aliphatic heterocycles. The van der Waals surface area contributed by atoms with E-state index in [1.54, 1.807) is 0 Å². The Labute approximate surface area is 158 Å². The Morgan fingerprint density at radius 3 is 2.73 bits per heavy atom. The maximum absolute atomic E-state index is 13.2. The Kier molecular flexibility index (Phi) is 4.02. The van der Waals surface area contributed by atoms with Gasteiger partial charge in [0, 0.05) is 21.6 Å². The van der Waals surface area contributed by atoms with E-state index in [2.05, 4.69) is 10.3 Å². The van der Waals surface area contributed by atoms with Gasteiger partial charge < -0.3 is 15.0 Å². The van der Waals surface area contributed by atoms with Crippen LogP contribution in [-0.4, -0.2) is 23.6 Å². The van der Waals surface area contributed by atoms with Crippen LogP contribution < -0.4 is 5.32 Å². The van der Waals surface area contributed by atoms with Gasteiger partial charge >= 0.3 is 5.97 Å². The highest BCUT2D eigenvalue weighted by atomic mass is 35.5. The lowest BCUT2D eigenvalue weighted by Crippen LogP contribution is -2.52. The molecule has 26 heavy (non-hydrogen) atoms. The molecule has 0 bridgehead atoms. The highest BCUT2D eigenvalue weighted by Crippen LogP contribution is 2.53. The van der Waals surface area contributed by atoms with Crippen LogP contribution in [0.1, 0.15) is 62.2 Å². The number of nitrogens with one attached hydrogen (secondary N) is 2. The van der Waals surface area contributed by atoms with E-state index in [-0.39, 0.29) is 18.1 Å². The van der Waals surface area contributed by atoms with Crippen LogP contribution in [0.2, 0.25) is 5.02 Å². The number of halogens is 1. The summed E-state index contributed by atoms with van der Waals surface area (Å²) >= 11 is 6.22. The first-order chi connectivity index (χ1) is 12.7. The SMILES string of the molecule is O=C(OC1CCCC1)C1(C2NCCc3c2[nH]c2ccc(Cl)cc32)CCC1. The van der Waals surface area contributed by atoms with Crippen molar-refractivity contribution < 1.29 is 9.53 Å². The zero-order valence-electron chi connectivity index (χ0n) is 14.9. The minimum Gasteiger partial charge on any atom is -0.462 e. The van der Waals surface area contributed by atoms with Crippen molar-refractivity contribution in [3.05, 3.63) is 34.5 Å². The highest BCUT2D eigenvalue weighted by Gasteiger charge is 2.54. The third-order valence-electron chi connectivity index (χ3n) is 6.69. The Hall–Kier alpha value is -1.52. The third kappa shape index (κ3) is 2.49. The molecular formula is C21H25ClN2O2. The molecule has 0 radical (unpaired) electrons. The normalized spacial score (nSPS) is 25.0. The smallest absolute Gasteiger partial charge is 0.314 e. The summed E-state index contributed by atoms with van der Waals surface area (Å²) in [5.74, 6) is 0.0117. The van der Waals surface area contributed by atoms with E-state index in [0.29, 0.717) is 0 Å². The Balaban J connectivity index is 1.51. The molecule has 1 aromatic heterocycles. The lowest BCUT2D eigenvalue weighted by molar-refractivity contribution is -0.170. The van der Waals surface area contributed by atoms with Crippen molar-refractivity contribution in [2.24, 2.45) is 5.41 Å². The molecule has 138 valence electrons. The maximum Gasteiger partial charge on any atom is 0.314 e. The minimum atomic E-state index is -0.414. The molecule has 2 N–H and O–H groups in total. The largest absolute Gasteiger partial charge is 0.462 e. The number of hydrogen-bond acceptors (Lipinski definition) is 3. The number of fused-ring (bicyclic) bond motifs is 3. The fourth-order valence-electron chi connectivity index (χ4n) is 5.11. The number of carbonyl (C=O) groups is 1. The van der Waals surface area contributed by atoms with Crippen molar-refractivity contribution in [3.8, 4) is 0 Å². The van der Waals surface area contributed by atoms with Gasteiger partial charge in [-0.2, -0.15) is 0 Å². The summed E-state index contributed by atoms with van der Waals surface area (Å²) in [6, 6.07) is 6.01. The van der Waals surface area contributed by atoms with Crippen LogP contribution in [-0.2, 0) is 16.0 Å². The monoisotopic (exact) mass is 372 g/mol. The molecule has 2 aromatic rings. The molecule has 2 aliphatic carbocycles. The van der Waals surface area contributed by atoms with E-state index in [1.807, 2.05) is 18.2 Å². The van der Waals surface area contributed by atoms with Crippen molar-refractivity contribution in [2.45, 2.75) is 63.5 Å². The number of carbonyl (C=O) groups excluding carboxylic acids is 1. The van der Waals surface area contributed by atoms with Crippen molar-refractivity contribution in [2.75, 3.05) is 6.54 Å². The van der Waals surface area contributed by atoms with Gasteiger partial charge in [-0.1, -0.05) is 18.0 Å². The number of rotatable bonds is 3. The van der Waals surface area contributed by atoms with Crippen LogP contribution in [0.5, 0.6) is 0 Å². The summed E-state index contributed by atoms with van der Waals surface area (Å²) in [5, 5.41) is 5.58. The predicted molar refractivity (Wildman–Crippen MR) is 102 cm³/mol. The molecule has 1 unspecified atom stereocenters. The van der Waals surface area contributed by atoms with Crippen LogP contribution >= 0.6 is 11.6 Å². The van der Waals surface area contributed by atoms with Gasteiger partial charge in [0.2, 0.25) is 0 Å². The first-order valence-electron chi connectivity index (χ1n) is 9.92. The van der Waals surface area contributed by atoms with Crippen molar-refractivity contribution >= 4 is 28.5 Å². The fourth-order valence-corrected chi connectivity index (χ4v) is 5.29. The summed E-state index contributed by atoms with van der Waals surface area (Å²) in [7, 11) is 0. The number of aromatic nitrogens is 1. The van der Waals surface area contributed by atoms with E-state index in [9.17, 15) is 4.79 Å². The van der Waals surface area contributed by atoms with Crippen LogP contribution in [0, 0.1) is 5.41 Å². The molecule has 5 heteroatoms.